The maximum absolute atomic E-state index is 11.4. The quantitative estimate of drug-likeness (QED) is 0.945. The summed E-state index contributed by atoms with van der Waals surface area (Å²) in [7, 11) is 0. The van der Waals surface area contributed by atoms with Crippen molar-refractivity contribution in [3.63, 3.8) is 0 Å². The summed E-state index contributed by atoms with van der Waals surface area (Å²) in [6, 6.07) is 8.14. The zero-order valence-corrected chi connectivity index (χ0v) is 13.6. The van der Waals surface area contributed by atoms with E-state index in [0.29, 0.717) is 5.92 Å². The van der Waals surface area contributed by atoms with E-state index in [1.165, 1.54) is 5.56 Å². The van der Waals surface area contributed by atoms with Gasteiger partial charge in [0.25, 0.3) is 0 Å². The molecule has 0 spiro atoms. The van der Waals surface area contributed by atoms with Crippen LogP contribution in [0.25, 0.3) is 0 Å². The van der Waals surface area contributed by atoms with Crippen molar-refractivity contribution >= 4 is 17.5 Å². The number of nitrogens with zero attached hydrogens (tertiary/aromatic N) is 3. The largest absolute Gasteiger partial charge is 0.343 e. The van der Waals surface area contributed by atoms with Crippen LogP contribution in [0, 0.1) is 6.92 Å². The zero-order valence-electron chi connectivity index (χ0n) is 13.6. The van der Waals surface area contributed by atoms with E-state index in [-0.39, 0.29) is 5.91 Å². The van der Waals surface area contributed by atoms with Crippen molar-refractivity contribution in [1.82, 2.24) is 14.9 Å². The summed E-state index contributed by atoms with van der Waals surface area (Å²) in [6.07, 6.45) is 5.64. The maximum Gasteiger partial charge on any atom is 0.219 e. The second-order valence-electron chi connectivity index (χ2n) is 6.10. The molecule has 1 fully saturated rings. The summed E-state index contributed by atoms with van der Waals surface area (Å²) >= 11 is 0. The average molecular weight is 310 g/mol. The van der Waals surface area contributed by atoms with Crippen LogP contribution in [-0.2, 0) is 4.79 Å². The van der Waals surface area contributed by atoms with E-state index in [1.807, 2.05) is 30.2 Å². The van der Waals surface area contributed by atoms with Crippen LogP contribution in [0.2, 0.25) is 0 Å². The molecule has 0 aliphatic carbocycles. The van der Waals surface area contributed by atoms with Crippen molar-refractivity contribution in [2.75, 3.05) is 18.4 Å². The fraction of sp³-hybridized carbons (Fsp3) is 0.389. The molecule has 3 heterocycles. The van der Waals surface area contributed by atoms with Gasteiger partial charge in [-0.05, 0) is 61.1 Å². The first-order valence-electron chi connectivity index (χ1n) is 8.03. The molecule has 1 N–H and O–H groups in total. The molecular formula is C18H22N4O. The number of anilines is 2. The van der Waals surface area contributed by atoms with E-state index < -0.39 is 0 Å². The van der Waals surface area contributed by atoms with E-state index in [4.69, 9.17) is 0 Å². The Morgan fingerprint density at radius 2 is 1.78 bits per heavy atom. The lowest BCUT2D eigenvalue weighted by Crippen LogP contribution is -2.36. The molecule has 0 radical (unpaired) electrons. The van der Waals surface area contributed by atoms with Gasteiger partial charge in [0.05, 0.1) is 0 Å². The van der Waals surface area contributed by atoms with Crippen LogP contribution in [-0.4, -0.2) is 33.9 Å². The smallest absolute Gasteiger partial charge is 0.219 e. The van der Waals surface area contributed by atoms with Crippen LogP contribution in [0.5, 0.6) is 0 Å². The lowest BCUT2D eigenvalue weighted by Gasteiger charge is -2.31. The molecule has 1 amide bonds. The highest BCUT2D eigenvalue weighted by molar-refractivity contribution is 5.73. The number of hydrogen-bond acceptors (Lipinski definition) is 4. The van der Waals surface area contributed by atoms with Crippen molar-refractivity contribution in [3.8, 4) is 0 Å². The number of hydrogen-bond donors (Lipinski definition) is 1. The van der Waals surface area contributed by atoms with Gasteiger partial charge in [0.2, 0.25) is 5.91 Å². The van der Waals surface area contributed by atoms with E-state index in [1.54, 1.807) is 13.1 Å². The zero-order chi connectivity index (χ0) is 16.2. The van der Waals surface area contributed by atoms with E-state index in [0.717, 1.165) is 43.1 Å². The van der Waals surface area contributed by atoms with Gasteiger partial charge < -0.3 is 10.2 Å². The Hall–Kier alpha value is -2.43. The third-order valence-corrected chi connectivity index (χ3v) is 4.37. The van der Waals surface area contributed by atoms with E-state index >= 15 is 0 Å². The summed E-state index contributed by atoms with van der Waals surface area (Å²) in [5, 5.41) is 3.26. The van der Waals surface area contributed by atoms with Crippen molar-refractivity contribution < 1.29 is 4.79 Å². The Morgan fingerprint density at radius 3 is 2.43 bits per heavy atom. The number of aromatic nitrogens is 2. The molecule has 1 aliphatic rings. The van der Waals surface area contributed by atoms with Crippen molar-refractivity contribution in [2.45, 2.75) is 32.6 Å². The molecule has 5 heteroatoms. The first-order valence-corrected chi connectivity index (χ1v) is 8.03. The highest BCUT2D eigenvalue weighted by Crippen LogP contribution is 2.29. The van der Waals surface area contributed by atoms with Gasteiger partial charge >= 0.3 is 0 Å². The number of pyridine rings is 2. The summed E-state index contributed by atoms with van der Waals surface area (Å²) in [5.74, 6) is 2.28. The molecule has 0 atom stereocenters. The number of piperidine rings is 1. The summed E-state index contributed by atoms with van der Waals surface area (Å²) in [5.41, 5.74) is 2.44. The molecule has 3 rings (SSSR count). The normalized spacial score (nSPS) is 15.5. The molecule has 0 aromatic carbocycles. The molecule has 2 aromatic heterocycles. The van der Waals surface area contributed by atoms with Crippen LogP contribution < -0.4 is 5.32 Å². The van der Waals surface area contributed by atoms with Crippen LogP contribution >= 0.6 is 0 Å². The number of rotatable bonds is 3. The molecule has 5 nitrogen and oxygen atoms in total. The van der Waals surface area contributed by atoms with Gasteiger partial charge in [0.1, 0.15) is 11.6 Å². The maximum atomic E-state index is 11.4. The topological polar surface area (TPSA) is 58.1 Å². The SMILES string of the molecule is CC(=O)N1CCC(c2ccnc(Nc3cc(C)ccn3)c2)CC1. The van der Waals surface area contributed by atoms with Crippen molar-refractivity contribution in [2.24, 2.45) is 0 Å². The van der Waals surface area contributed by atoms with Crippen LogP contribution in [0.4, 0.5) is 11.6 Å². The van der Waals surface area contributed by atoms with Gasteiger partial charge in [0, 0.05) is 32.4 Å². The summed E-state index contributed by atoms with van der Waals surface area (Å²) in [4.78, 5) is 22.0. The Bertz CT molecular complexity index is 693. The van der Waals surface area contributed by atoms with Gasteiger partial charge in [-0.1, -0.05) is 0 Å². The first-order chi connectivity index (χ1) is 11.1. The minimum Gasteiger partial charge on any atom is -0.343 e. The number of likely N-dealkylation sites (tertiary alicyclic amines) is 1. The van der Waals surface area contributed by atoms with Gasteiger partial charge in [-0.15, -0.1) is 0 Å². The predicted octanol–water partition coefficient (Wildman–Crippen LogP) is 3.25. The number of carbonyl (C=O) groups is 1. The lowest BCUT2D eigenvalue weighted by atomic mass is 9.90. The van der Waals surface area contributed by atoms with Gasteiger partial charge in [-0.2, -0.15) is 0 Å². The molecule has 23 heavy (non-hydrogen) atoms. The standard InChI is InChI=1S/C18H22N4O/c1-13-3-7-19-17(11-13)21-18-12-16(4-8-20-18)15-5-9-22(10-6-15)14(2)23/h3-4,7-8,11-12,15H,5-6,9-10H2,1-2H3,(H,19,20,21). The number of amides is 1. The highest BCUT2D eigenvalue weighted by atomic mass is 16.2. The lowest BCUT2D eigenvalue weighted by molar-refractivity contribution is -0.129. The average Bonchev–Trinajstić information content (AvgIpc) is 2.55. The Morgan fingerprint density at radius 1 is 1.13 bits per heavy atom. The van der Waals surface area contributed by atoms with Gasteiger partial charge in [-0.3, -0.25) is 4.79 Å². The molecule has 0 saturated carbocycles. The van der Waals surface area contributed by atoms with Crippen molar-refractivity contribution in [1.29, 1.82) is 0 Å². The molecule has 0 bridgehead atoms. The second-order valence-corrected chi connectivity index (χ2v) is 6.10. The fourth-order valence-electron chi connectivity index (χ4n) is 3.03. The monoisotopic (exact) mass is 310 g/mol. The van der Waals surface area contributed by atoms with Gasteiger partial charge in [0.15, 0.2) is 0 Å². The third-order valence-electron chi connectivity index (χ3n) is 4.37. The molecule has 0 unspecified atom stereocenters. The summed E-state index contributed by atoms with van der Waals surface area (Å²) in [6.45, 7) is 5.36. The Labute approximate surface area is 136 Å². The molecular weight excluding hydrogens is 288 g/mol. The number of carbonyl (C=O) groups excluding carboxylic acids is 1. The molecule has 2 aromatic rings. The number of aryl methyl sites for hydroxylation is 1. The highest BCUT2D eigenvalue weighted by Gasteiger charge is 2.22. The minimum atomic E-state index is 0.172. The van der Waals surface area contributed by atoms with Crippen molar-refractivity contribution in [3.05, 3.63) is 47.8 Å². The fourth-order valence-corrected chi connectivity index (χ4v) is 3.03. The Kier molecular flexibility index (Phi) is 4.55. The van der Waals surface area contributed by atoms with Crippen LogP contribution in [0.1, 0.15) is 36.8 Å². The summed E-state index contributed by atoms with van der Waals surface area (Å²) < 4.78 is 0. The minimum absolute atomic E-state index is 0.172. The van der Waals surface area contributed by atoms with Gasteiger partial charge in [-0.25, -0.2) is 9.97 Å². The molecule has 1 aliphatic heterocycles. The second kappa shape index (κ2) is 6.77. The number of nitrogens with one attached hydrogen (secondary N) is 1. The molecule has 120 valence electrons. The predicted molar refractivity (Wildman–Crippen MR) is 90.7 cm³/mol. The van der Waals surface area contributed by atoms with Crippen LogP contribution in [0.3, 0.4) is 0 Å². The first kappa shape index (κ1) is 15.5. The Balaban J connectivity index is 1.69. The van der Waals surface area contributed by atoms with E-state index in [2.05, 4.69) is 27.4 Å². The van der Waals surface area contributed by atoms with Crippen LogP contribution in [0.15, 0.2) is 36.7 Å². The molecule has 1 saturated heterocycles. The van der Waals surface area contributed by atoms with E-state index in [9.17, 15) is 4.79 Å². The third kappa shape index (κ3) is 3.86.